The molecule has 3 atom stereocenters. The van der Waals surface area contributed by atoms with E-state index in [0.717, 1.165) is 12.3 Å². The molecule has 2 fully saturated rings. The fourth-order valence-electron chi connectivity index (χ4n) is 3.46. The maximum Gasteiger partial charge on any atom is 0.166 e. The van der Waals surface area contributed by atoms with Crippen LogP contribution < -0.4 is 5.73 Å². The van der Waals surface area contributed by atoms with Gasteiger partial charge in [-0.2, -0.15) is 0 Å². The van der Waals surface area contributed by atoms with Crippen LogP contribution in [0, 0.1) is 23.6 Å². The summed E-state index contributed by atoms with van der Waals surface area (Å²) >= 11 is 0. The summed E-state index contributed by atoms with van der Waals surface area (Å²) < 4.78 is 13.3. The van der Waals surface area contributed by atoms with E-state index in [-0.39, 0.29) is 17.4 Å². The summed E-state index contributed by atoms with van der Waals surface area (Å²) in [5.41, 5.74) is 6.00. The minimum atomic E-state index is -0.487. The molecular formula is C14H16FNO. The number of nitrogen functional groups attached to an aromatic ring is 1. The maximum absolute atomic E-state index is 13.3. The van der Waals surface area contributed by atoms with Crippen molar-refractivity contribution in [2.45, 2.75) is 25.7 Å². The summed E-state index contributed by atoms with van der Waals surface area (Å²) in [6, 6.07) is 4.41. The van der Waals surface area contributed by atoms with Crippen molar-refractivity contribution in [1.29, 1.82) is 0 Å². The molecule has 0 heterocycles. The van der Waals surface area contributed by atoms with Gasteiger partial charge in [0.2, 0.25) is 0 Å². The summed E-state index contributed by atoms with van der Waals surface area (Å²) in [5, 5.41) is 0. The zero-order valence-electron chi connectivity index (χ0n) is 9.66. The minimum absolute atomic E-state index is 0.106. The Morgan fingerprint density at radius 1 is 1.29 bits per heavy atom. The van der Waals surface area contributed by atoms with Crippen LogP contribution in [-0.2, 0) is 0 Å². The van der Waals surface area contributed by atoms with Crippen LogP contribution in [0.4, 0.5) is 10.1 Å². The molecule has 0 aromatic heterocycles. The second-order valence-electron chi connectivity index (χ2n) is 5.38. The van der Waals surface area contributed by atoms with Gasteiger partial charge in [-0.25, -0.2) is 4.39 Å². The van der Waals surface area contributed by atoms with Crippen molar-refractivity contribution in [2.75, 3.05) is 5.73 Å². The van der Waals surface area contributed by atoms with E-state index in [1.54, 1.807) is 6.07 Å². The molecule has 2 bridgehead atoms. The molecule has 90 valence electrons. The molecule has 1 aromatic rings. The van der Waals surface area contributed by atoms with Gasteiger partial charge in [0, 0.05) is 11.5 Å². The predicted molar refractivity (Wildman–Crippen MR) is 64.1 cm³/mol. The number of fused-ring (bicyclic) bond motifs is 2. The van der Waals surface area contributed by atoms with Gasteiger partial charge in [0.1, 0.15) is 5.82 Å². The van der Waals surface area contributed by atoms with Gasteiger partial charge in [-0.05, 0) is 49.3 Å². The van der Waals surface area contributed by atoms with Crippen LogP contribution in [-0.4, -0.2) is 5.78 Å². The molecule has 3 heteroatoms. The van der Waals surface area contributed by atoms with Crippen molar-refractivity contribution in [1.82, 2.24) is 0 Å². The maximum atomic E-state index is 13.3. The standard InChI is InChI=1S/C14H16FNO/c15-12-7-10(3-4-13(12)16)14(17)11-6-8-1-2-9(11)5-8/h3-4,7-9,11H,1-2,5-6,16H2. The fraction of sp³-hybridized carbons (Fsp3) is 0.500. The number of halogens is 1. The van der Waals surface area contributed by atoms with Crippen LogP contribution in [0.25, 0.3) is 0 Å². The largest absolute Gasteiger partial charge is 0.396 e. The van der Waals surface area contributed by atoms with Crippen molar-refractivity contribution >= 4 is 11.5 Å². The van der Waals surface area contributed by atoms with Crippen molar-refractivity contribution in [3.63, 3.8) is 0 Å². The van der Waals surface area contributed by atoms with Crippen LogP contribution in [0.2, 0.25) is 0 Å². The molecule has 0 amide bonds. The molecule has 0 saturated heterocycles. The molecule has 2 nitrogen and oxygen atoms in total. The zero-order valence-corrected chi connectivity index (χ0v) is 9.66. The van der Waals surface area contributed by atoms with Crippen molar-refractivity contribution < 1.29 is 9.18 Å². The molecule has 0 spiro atoms. The first-order valence-corrected chi connectivity index (χ1v) is 6.24. The lowest BCUT2D eigenvalue weighted by Crippen LogP contribution is -2.21. The highest BCUT2D eigenvalue weighted by Gasteiger charge is 2.43. The third kappa shape index (κ3) is 1.74. The van der Waals surface area contributed by atoms with Crippen LogP contribution in [0.1, 0.15) is 36.0 Å². The zero-order chi connectivity index (χ0) is 12.0. The second kappa shape index (κ2) is 3.83. The van der Waals surface area contributed by atoms with E-state index in [1.165, 1.54) is 31.4 Å². The highest BCUT2D eigenvalue weighted by atomic mass is 19.1. The number of carbonyl (C=O) groups excluding carboxylic acids is 1. The summed E-state index contributed by atoms with van der Waals surface area (Å²) in [5.74, 6) is 1.01. The van der Waals surface area contributed by atoms with Gasteiger partial charge < -0.3 is 5.73 Å². The van der Waals surface area contributed by atoms with Gasteiger partial charge in [0.15, 0.2) is 5.78 Å². The Labute approximate surface area is 100 Å². The number of benzene rings is 1. The molecule has 3 unspecified atom stereocenters. The van der Waals surface area contributed by atoms with E-state index in [1.807, 2.05) is 0 Å². The molecule has 2 N–H and O–H groups in total. The Hall–Kier alpha value is -1.38. The number of rotatable bonds is 2. The van der Waals surface area contributed by atoms with Crippen LogP contribution in [0.15, 0.2) is 18.2 Å². The third-order valence-electron chi connectivity index (χ3n) is 4.36. The number of Topliss-reactive ketones (excluding diaryl/α,β-unsaturated/α-hetero) is 1. The number of nitrogens with two attached hydrogens (primary N) is 1. The first-order chi connectivity index (χ1) is 8.15. The molecule has 2 aliphatic rings. The minimum Gasteiger partial charge on any atom is -0.396 e. The number of ketones is 1. The monoisotopic (exact) mass is 233 g/mol. The van der Waals surface area contributed by atoms with Crippen molar-refractivity contribution in [3.05, 3.63) is 29.6 Å². The average Bonchev–Trinajstić information content (AvgIpc) is 2.93. The lowest BCUT2D eigenvalue weighted by molar-refractivity contribution is 0.0874. The van der Waals surface area contributed by atoms with Gasteiger partial charge in [-0.15, -0.1) is 0 Å². The van der Waals surface area contributed by atoms with Crippen LogP contribution in [0.5, 0.6) is 0 Å². The van der Waals surface area contributed by atoms with Gasteiger partial charge >= 0.3 is 0 Å². The first-order valence-electron chi connectivity index (χ1n) is 6.24. The molecule has 2 saturated carbocycles. The lowest BCUT2D eigenvalue weighted by atomic mass is 9.83. The van der Waals surface area contributed by atoms with Gasteiger partial charge in [0.05, 0.1) is 5.69 Å². The summed E-state index contributed by atoms with van der Waals surface area (Å²) in [6.07, 6.45) is 4.62. The molecule has 17 heavy (non-hydrogen) atoms. The van der Waals surface area contributed by atoms with E-state index in [4.69, 9.17) is 5.73 Å². The second-order valence-corrected chi connectivity index (χ2v) is 5.38. The summed E-state index contributed by atoms with van der Waals surface area (Å²) in [7, 11) is 0. The van der Waals surface area contributed by atoms with Gasteiger partial charge in [-0.3, -0.25) is 4.79 Å². The highest BCUT2D eigenvalue weighted by molar-refractivity contribution is 5.98. The molecular weight excluding hydrogens is 217 g/mol. The molecule has 0 radical (unpaired) electrons. The Morgan fingerprint density at radius 3 is 2.71 bits per heavy atom. The Morgan fingerprint density at radius 2 is 2.12 bits per heavy atom. The van der Waals surface area contributed by atoms with Gasteiger partial charge in [0.25, 0.3) is 0 Å². The van der Waals surface area contributed by atoms with Crippen molar-refractivity contribution in [2.24, 2.45) is 17.8 Å². The molecule has 3 rings (SSSR count). The van der Waals surface area contributed by atoms with E-state index in [9.17, 15) is 9.18 Å². The number of hydrogen-bond donors (Lipinski definition) is 1. The van der Waals surface area contributed by atoms with E-state index in [2.05, 4.69) is 0 Å². The first kappa shape index (κ1) is 10.8. The lowest BCUT2D eigenvalue weighted by Gasteiger charge is -2.20. The quantitative estimate of drug-likeness (QED) is 0.630. The Bertz CT molecular complexity index is 471. The number of hydrogen-bond acceptors (Lipinski definition) is 2. The van der Waals surface area contributed by atoms with Crippen LogP contribution >= 0.6 is 0 Å². The summed E-state index contributed by atoms with van der Waals surface area (Å²) in [6.45, 7) is 0. The summed E-state index contributed by atoms with van der Waals surface area (Å²) in [4.78, 5) is 12.3. The number of carbonyl (C=O) groups is 1. The molecule has 0 aliphatic heterocycles. The van der Waals surface area contributed by atoms with E-state index >= 15 is 0 Å². The highest BCUT2D eigenvalue weighted by Crippen LogP contribution is 2.49. The number of anilines is 1. The third-order valence-corrected chi connectivity index (χ3v) is 4.36. The Balaban J connectivity index is 1.84. The van der Waals surface area contributed by atoms with Crippen LogP contribution in [0.3, 0.4) is 0 Å². The van der Waals surface area contributed by atoms with Crippen molar-refractivity contribution in [3.8, 4) is 0 Å². The van der Waals surface area contributed by atoms with Gasteiger partial charge in [-0.1, -0.05) is 6.42 Å². The molecule has 2 aliphatic carbocycles. The van der Waals surface area contributed by atoms with E-state index in [0.29, 0.717) is 11.5 Å². The predicted octanol–water partition coefficient (Wildman–Crippen LogP) is 3.03. The Kier molecular flexibility index (Phi) is 2.42. The average molecular weight is 233 g/mol. The fourth-order valence-corrected chi connectivity index (χ4v) is 3.46. The topological polar surface area (TPSA) is 43.1 Å². The smallest absolute Gasteiger partial charge is 0.166 e. The SMILES string of the molecule is Nc1ccc(C(=O)C2CC3CCC2C3)cc1F. The molecule has 1 aromatic carbocycles. The normalized spacial score (nSPS) is 30.8. The van der Waals surface area contributed by atoms with E-state index < -0.39 is 5.82 Å².